The molecule has 6 nitrogen and oxygen atoms in total. The lowest BCUT2D eigenvalue weighted by Gasteiger charge is -2.13. The number of carboxylic acid groups (broad SMARTS) is 1. The fourth-order valence-corrected chi connectivity index (χ4v) is 3.33. The molecule has 32 heavy (non-hydrogen) atoms. The largest absolute Gasteiger partial charge is 0.493 e. The van der Waals surface area contributed by atoms with E-state index in [-0.39, 0.29) is 19.6 Å². The number of oxime groups is 1. The van der Waals surface area contributed by atoms with Crippen molar-refractivity contribution in [2.75, 3.05) is 20.3 Å². The second-order valence-electron chi connectivity index (χ2n) is 7.04. The van der Waals surface area contributed by atoms with E-state index < -0.39 is 5.97 Å². The first-order chi connectivity index (χ1) is 15.6. The summed E-state index contributed by atoms with van der Waals surface area (Å²) in [5, 5.41) is 13.3. The number of hydrogen-bond donors (Lipinski definition) is 1. The average Bonchev–Trinajstić information content (AvgIpc) is 2.82. The molecule has 0 amide bonds. The summed E-state index contributed by atoms with van der Waals surface area (Å²) in [7, 11) is 1.49. The third kappa shape index (κ3) is 6.11. The van der Waals surface area contributed by atoms with Gasteiger partial charge in [0.25, 0.3) is 0 Å². The number of nitrogens with zero attached hydrogens (tertiary/aromatic N) is 1. The molecule has 3 rings (SSSR count). The van der Waals surface area contributed by atoms with Gasteiger partial charge in [-0.1, -0.05) is 78.8 Å². The van der Waals surface area contributed by atoms with Gasteiger partial charge in [0.1, 0.15) is 6.61 Å². The summed E-state index contributed by atoms with van der Waals surface area (Å²) in [6.07, 6.45) is 0.598. The molecule has 1 N–H and O–H groups in total. The smallest absolute Gasteiger partial charge is 0.307 e. The first kappa shape index (κ1) is 22.9. The molecular formula is C26H27NO5. The molecule has 3 aromatic rings. The number of carboxylic acids is 1. The zero-order valence-corrected chi connectivity index (χ0v) is 18.3. The summed E-state index contributed by atoms with van der Waals surface area (Å²) in [5.41, 5.74) is 4.74. The lowest BCUT2D eigenvalue weighted by molar-refractivity contribution is -0.136. The van der Waals surface area contributed by atoms with Crippen LogP contribution in [0.5, 0.6) is 11.5 Å². The Morgan fingerprint density at radius 1 is 0.906 bits per heavy atom. The monoisotopic (exact) mass is 433 g/mol. The molecule has 3 aromatic carbocycles. The van der Waals surface area contributed by atoms with E-state index in [1.807, 2.05) is 37.3 Å². The molecule has 0 spiro atoms. The molecule has 0 aliphatic rings. The summed E-state index contributed by atoms with van der Waals surface area (Å²) < 4.78 is 11.1. The van der Waals surface area contributed by atoms with Gasteiger partial charge >= 0.3 is 5.97 Å². The fraction of sp³-hybridized carbons (Fsp3) is 0.231. The Balaban J connectivity index is 1.57. The van der Waals surface area contributed by atoms with E-state index in [0.29, 0.717) is 17.1 Å². The van der Waals surface area contributed by atoms with Gasteiger partial charge in [-0.3, -0.25) is 4.79 Å². The Morgan fingerprint density at radius 3 is 2.28 bits per heavy atom. The standard InChI is InChI=1S/C26H27NO5/c1-3-23(21-14-12-20(13-15-21)19-8-5-4-6-9-19)27-32-17-16-31-24-11-7-10-22(18-25(28)29)26(24)30-2/h4-15H,3,16-18H2,1-2H3,(H,28,29)/b27-23+. The van der Waals surface area contributed by atoms with Gasteiger partial charge < -0.3 is 19.4 Å². The summed E-state index contributed by atoms with van der Waals surface area (Å²) in [4.78, 5) is 16.5. The van der Waals surface area contributed by atoms with Crippen molar-refractivity contribution < 1.29 is 24.2 Å². The highest BCUT2D eigenvalue weighted by molar-refractivity contribution is 6.00. The van der Waals surface area contributed by atoms with Crippen LogP contribution in [0.3, 0.4) is 0 Å². The summed E-state index contributed by atoms with van der Waals surface area (Å²) in [6, 6.07) is 23.6. The fourth-order valence-electron chi connectivity index (χ4n) is 3.33. The Labute approximate surface area is 188 Å². The van der Waals surface area contributed by atoms with Gasteiger partial charge in [0.15, 0.2) is 18.1 Å². The van der Waals surface area contributed by atoms with Crippen molar-refractivity contribution in [1.29, 1.82) is 0 Å². The van der Waals surface area contributed by atoms with Gasteiger partial charge in [0, 0.05) is 5.56 Å². The first-order valence-electron chi connectivity index (χ1n) is 10.5. The van der Waals surface area contributed by atoms with Crippen LogP contribution in [0.15, 0.2) is 78.0 Å². The normalized spacial score (nSPS) is 11.1. The molecule has 0 aliphatic carbocycles. The van der Waals surface area contributed by atoms with E-state index in [0.717, 1.165) is 23.3 Å². The molecular weight excluding hydrogens is 406 g/mol. The minimum Gasteiger partial charge on any atom is -0.493 e. The van der Waals surface area contributed by atoms with E-state index in [1.165, 1.54) is 12.7 Å². The van der Waals surface area contributed by atoms with Crippen LogP contribution in [0.4, 0.5) is 0 Å². The number of carbonyl (C=O) groups is 1. The molecule has 0 aliphatic heterocycles. The minimum atomic E-state index is -0.929. The van der Waals surface area contributed by atoms with Crippen molar-refractivity contribution in [2.45, 2.75) is 19.8 Å². The van der Waals surface area contributed by atoms with Crippen molar-refractivity contribution >= 4 is 11.7 Å². The van der Waals surface area contributed by atoms with Gasteiger partial charge in [0.2, 0.25) is 0 Å². The molecule has 0 fully saturated rings. The van der Waals surface area contributed by atoms with Gasteiger partial charge in [-0.15, -0.1) is 0 Å². The molecule has 166 valence electrons. The first-order valence-corrected chi connectivity index (χ1v) is 10.5. The number of ether oxygens (including phenoxy) is 2. The highest BCUT2D eigenvalue weighted by atomic mass is 16.6. The summed E-state index contributed by atoms with van der Waals surface area (Å²) in [5.74, 6) is -0.0285. The van der Waals surface area contributed by atoms with E-state index in [2.05, 4.69) is 29.4 Å². The van der Waals surface area contributed by atoms with Crippen LogP contribution in [0.2, 0.25) is 0 Å². The van der Waals surface area contributed by atoms with Crippen LogP contribution in [-0.2, 0) is 16.1 Å². The van der Waals surface area contributed by atoms with Crippen LogP contribution >= 0.6 is 0 Å². The van der Waals surface area contributed by atoms with Crippen LogP contribution in [0, 0.1) is 0 Å². The maximum Gasteiger partial charge on any atom is 0.307 e. The molecule has 6 heteroatoms. The Bertz CT molecular complexity index is 1050. The maximum absolute atomic E-state index is 11.0. The maximum atomic E-state index is 11.0. The third-order valence-corrected chi connectivity index (χ3v) is 4.87. The number of para-hydroxylation sites is 1. The predicted molar refractivity (Wildman–Crippen MR) is 124 cm³/mol. The third-order valence-electron chi connectivity index (χ3n) is 4.87. The molecule has 0 unspecified atom stereocenters. The van der Waals surface area contributed by atoms with Crippen LogP contribution in [0.25, 0.3) is 11.1 Å². The van der Waals surface area contributed by atoms with Crippen molar-refractivity contribution in [3.05, 3.63) is 83.9 Å². The lowest BCUT2D eigenvalue weighted by Crippen LogP contribution is -2.09. The van der Waals surface area contributed by atoms with E-state index in [1.54, 1.807) is 18.2 Å². The number of benzene rings is 3. The highest BCUT2D eigenvalue weighted by Gasteiger charge is 2.13. The number of aliphatic carboxylic acids is 1. The molecule has 0 atom stereocenters. The minimum absolute atomic E-state index is 0.135. The number of methoxy groups -OCH3 is 1. The topological polar surface area (TPSA) is 77.4 Å². The zero-order chi connectivity index (χ0) is 22.8. The van der Waals surface area contributed by atoms with Crippen molar-refractivity contribution in [3.63, 3.8) is 0 Å². The second-order valence-corrected chi connectivity index (χ2v) is 7.04. The lowest BCUT2D eigenvalue weighted by atomic mass is 10.0. The second kappa shape index (κ2) is 11.6. The zero-order valence-electron chi connectivity index (χ0n) is 18.3. The molecule has 0 saturated heterocycles. The van der Waals surface area contributed by atoms with Gasteiger partial charge in [-0.25, -0.2) is 0 Å². The molecule has 0 heterocycles. The molecule has 0 bridgehead atoms. The van der Waals surface area contributed by atoms with Crippen LogP contribution in [-0.4, -0.2) is 37.1 Å². The molecule has 0 radical (unpaired) electrons. The van der Waals surface area contributed by atoms with E-state index >= 15 is 0 Å². The van der Waals surface area contributed by atoms with Gasteiger partial charge in [-0.2, -0.15) is 0 Å². The quantitative estimate of drug-likeness (QED) is 0.256. The Kier molecular flexibility index (Phi) is 8.26. The summed E-state index contributed by atoms with van der Waals surface area (Å²) >= 11 is 0. The van der Waals surface area contributed by atoms with E-state index in [9.17, 15) is 4.79 Å². The average molecular weight is 434 g/mol. The Morgan fingerprint density at radius 2 is 1.62 bits per heavy atom. The Hall–Kier alpha value is -3.80. The predicted octanol–water partition coefficient (Wildman–Crippen LogP) is 5.20. The van der Waals surface area contributed by atoms with Crippen molar-refractivity contribution in [2.24, 2.45) is 5.16 Å². The SMILES string of the molecule is CC/C(=N\OCCOc1cccc(CC(=O)O)c1OC)c1ccc(-c2ccccc2)cc1. The van der Waals surface area contributed by atoms with Crippen LogP contribution < -0.4 is 9.47 Å². The molecule has 0 aromatic heterocycles. The van der Waals surface area contributed by atoms with Crippen LogP contribution in [0.1, 0.15) is 24.5 Å². The highest BCUT2D eigenvalue weighted by Crippen LogP contribution is 2.31. The van der Waals surface area contributed by atoms with Gasteiger partial charge in [-0.05, 0) is 29.2 Å². The van der Waals surface area contributed by atoms with Gasteiger partial charge in [0.05, 0.1) is 19.2 Å². The van der Waals surface area contributed by atoms with E-state index in [4.69, 9.17) is 19.4 Å². The summed E-state index contributed by atoms with van der Waals surface area (Å²) in [6.45, 7) is 2.53. The van der Waals surface area contributed by atoms with Crippen molar-refractivity contribution in [3.8, 4) is 22.6 Å². The molecule has 0 saturated carbocycles. The number of rotatable bonds is 11. The van der Waals surface area contributed by atoms with Crippen molar-refractivity contribution in [1.82, 2.24) is 0 Å². The number of hydrogen-bond acceptors (Lipinski definition) is 5.